The fourth-order valence-electron chi connectivity index (χ4n) is 2.99. The van der Waals surface area contributed by atoms with E-state index in [4.69, 9.17) is 32.7 Å². The van der Waals surface area contributed by atoms with Crippen molar-refractivity contribution in [3.63, 3.8) is 0 Å². The van der Waals surface area contributed by atoms with E-state index in [0.29, 0.717) is 43.6 Å². The molecule has 9 heteroatoms. The van der Waals surface area contributed by atoms with E-state index in [1.165, 1.54) is 4.68 Å². The number of amides is 1. The number of aryl methyl sites for hydroxylation is 1. The highest BCUT2D eigenvalue weighted by Crippen LogP contribution is 2.24. The minimum atomic E-state index is -0.923. The first-order chi connectivity index (χ1) is 13.4. The Labute approximate surface area is 173 Å². The van der Waals surface area contributed by atoms with Crippen molar-refractivity contribution in [3.05, 3.63) is 51.3 Å². The molecule has 1 aromatic heterocycles. The second kappa shape index (κ2) is 8.94. The van der Waals surface area contributed by atoms with Crippen molar-refractivity contribution in [3.8, 4) is 0 Å². The third kappa shape index (κ3) is 4.48. The second-order valence-electron chi connectivity index (χ2n) is 6.49. The molecule has 3 rings (SSSR count). The standard InChI is InChI=1S/C19H21Cl2N3O4/c1-12-16(17(21)24(22-12)11-14-5-3-4-6-15(14)20)19(26)28-13(2)18(25)23-7-9-27-10-8-23/h3-6,13H,7-11H2,1-2H3. The van der Waals surface area contributed by atoms with Crippen LogP contribution < -0.4 is 0 Å². The molecule has 0 radical (unpaired) electrons. The zero-order chi connectivity index (χ0) is 20.3. The Hall–Kier alpha value is -2.09. The van der Waals surface area contributed by atoms with Crippen LogP contribution in [0.4, 0.5) is 0 Å². The van der Waals surface area contributed by atoms with Gasteiger partial charge in [-0.25, -0.2) is 9.48 Å². The quantitative estimate of drug-likeness (QED) is 0.688. The summed E-state index contributed by atoms with van der Waals surface area (Å²) < 4.78 is 12.1. The number of hydrogen-bond acceptors (Lipinski definition) is 5. The molecule has 7 nitrogen and oxygen atoms in total. The monoisotopic (exact) mass is 425 g/mol. The van der Waals surface area contributed by atoms with Gasteiger partial charge in [-0.2, -0.15) is 5.10 Å². The van der Waals surface area contributed by atoms with Gasteiger partial charge in [-0.3, -0.25) is 4.79 Å². The number of nitrogens with zero attached hydrogens (tertiary/aromatic N) is 3. The molecular weight excluding hydrogens is 405 g/mol. The first-order valence-corrected chi connectivity index (χ1v) is 9.68. The van der Waals surface area contributed by atoms with E-state index in [9.17, 15) is 9.59 Å². The number of aromatic nitrogens is 2. The van der Waals surface area contributed by atoms with Gasteiger partial charge in [0.25, 0.3) is 5.91 Å². The summed E-state index contributed by atoms with van der Waals surface area (Å²) in [5, 5.41) is 5.05. The molecule has 1 fully saturated rings. The molecule has 1 aliphatic rings. The fraction of sp³-hybridized carbons (Fsp3) is 0.421. The van der Waals surface area contributed by atoms with Crippen LogP contribution in [-0.2, 0) is 20.8 Å². The molecule has 0 N–H and O–H groups in total. The fourth-order valence-corrected chi connectivity index (χ4v) is 3.50. The molecule has 1 saturated heterocycles. The predicted molar refractivity (Wildman–Crippen MR) is 105 cm³/mol. The minimum absolute atomic E-state index is 0.147. The summed E-state index contributed by atoms with van der Waals surface area (Å²) in [6.07, 6.45) is -0.923. The molecule has 1 aromatic carbocycles. The Morgan fingerprint density at radius 3 is 2.61 bits per heavy atom. The highest BCUT2D eigenvalue weighted by Gasteiger charge is 2.29. The van der Waals surface area contributed by atoms with Crippen LogP contribution in [0, 0.1) is 6.92 Å². The Kier molecular flexibility index (Phi) is 6.59. The van der Waals surface area contributed by atoms with Gasteiger partial charge in [-0.05, 0) is 25.5 Å². The van der Waals surface area contributed by atoms with E-state index >= 15 is 0 Å². The SMILES string of the molecule is Cc1nn(Cc2ccccc2Cl)c(Cl)c1C(=O)OC(C)C(=O)N1CCOCC1. The lowest BCUT2D eigenvalue weighted by molar-refractivity contribution is -0.143. The first kappa shape index (κ1) is 20.6. The number of benzene rings is 1. The lowest BCUT2D eigenvalue weighted by Crippen LogP contribution is -2.46. The maximum Gasteiger partial charge on any atom is 0.343 e. The van der Waals surface area contributed by atoms with E-state index in [-0.39, 0.29) is 16.6 Å². The minimum Gasteiger partial charge on any atom is -0.449 e. The number of esters is 1. The van der Waals surface area contributed by atoms with E-state index in [0.717, 1.165) is 5.56 Å². The average Bonchev–Trinajstić information content (AvgIpc) is 2.96. The summed E-state index contributed by atoms with van der Waals surface area (Å²) in [7, 11) is 0. The molecule has 1 amide bonds. The normalized spacial score (nSPS) is 15.4. The molecule has 28 heavy (non-hydrogen) atoms. The summed E-state index contributed by atoms with van der Waals surface area (Å²) in [6.45, 7) is 5.45. The van der Waals surface area contributed by atoms with Crippen LogP contribution in [-0.4, -0.2) is 59.0 Å². The third-order valence-electron chi connectivity index (χ3n) is 4.50. The van der Waals surface area contributed by atoms with Crippen LogP contribution in [0.2, 0.25) is 10.2 Å². The summed E-state index contributed by atoms with van der Waals surface area (Å²) in [6, 6.07) is 7.32. The highest BCUT2D eigenvalue weighted by molar-refractivity contribution is 6.33. The van der Waals surface area contributed by atoms with Crippen LogP contribution in [0.3, 0.4) is 0 Å². The van der Waals surface area contributed by atoms with Crippen molar-refractivity contribution in [2.75, 3.05) is 26.3 Å². The van der Waals surface area contributed by atoms with Crippen LogP contribution in [0.25, 0.3) is 0 Å². The first-order valence-electron chi connectivity index (χ1n) is 8.92. The molecule has 1 atom stereocenters. The molecule has 0 bridgehead atoms. The van der Waals surface area contributed by atoms with Crippen LogP contribution >= 0.6 is 23.2 Å². The molecular formula is C19H21Cl2N3O4. The Balaban J connectivity index is 1.72. The van der Waals surface area contributed by atoms with Crippen molar-refractivity contribution in [1.29, 1.82) is 0 Å². The van der Waals surface area contributed by atoms with Crippen LogP contribution in [0.15, 0.2) is 24.3 Å². The largest absolute Gasteiger partial charge is 0.449 e. The summed E-state index contributed by atoms with van der Waals surface area (Å²) in [4.78, 5) is 26.7. The van der Waals surface area contributed by atoms with Gasteiger partial charge in [-0.15, -0.1) is 0 Å². The number of ether oxygens (including phenoxy) is 2. The van der Waals surface area contributed by atoms with Gasteiger partial charge in [0.05, 0.1) is 25.5 Å². The van der Waals surface area contributed by atoms with Gasteiger partial charge in [0.15, 0.2) is 6.10 Å². The van der Waals surface area contributed by atoms with E-state index in [2.05, 4.69) is 5.10 Å². The highest BCUT2D eigenvalue weighted by atomic mass is 35.5. The lowest BCUT2D eigenvalue weighted by Gasteiger charge is -2.28. The van der Waals surface area contributed by atoms with Crippen LogP contribution in [0.5, 0.6) is 0 Å². The summed E-state index contributed by atoms with van der Waals surface area (Å²) in [5.74, 6) is -0.934. The van der Waals surface area contributed by atoms with Crippen molar-refractivity contribution < 1.29 is 19.1 Å². The van der Waals surface area contributed by atoms with Crippen molar-refractivity contribution in [2.24, 2.45) is 0 Å². The number of carbonyl (C=O) groups is 2. The Morgan fingerprint density at radius 2 is 1.93 bits per heavy atom. The Bertz CT molecular complexity index is 878. The van der Waals surface area contributed by atoms with E-state index in [1.807, 2.05) is 18.2 Å². The van der Waals surface area contributed by atoms with Crippen molar-refractivity contribution in [1.82, 2.24) is 14.7 Å². The Morgan fingerprint density at radius 1 is 1.25 bits per heavy atom. The molecule has 0 saturated carbocycles. The van der Waals surface area contributed by atoms with Crippen LogP contribution in [0.1, 0.15) is 28.5 Å². The van der Waals surface area contributed by atoms with Gasteiger partial charge < -0.3 is 14.4 Å². The molecule has 1 aliphatic heterocycles. The molecule has 150 valence electrons. The van der Waals surface area contributed by atoms with Gasteiger partial charge in [-0.1, -0.05) is 41.4 Å². The van der Waals surface area contributed by atoms with Crippen molar-refractivity contribution >= 4 is 35.1 Å². The van der Waals surface area contributed by atoms with Crippen molar-refractivity contribution in [2.45, 2.75) is 26.5 Å². The van der Waals surface area contributed by atoms with E-state index < -0.39 is 12.1 Å². The summed E-state index contributed by atoms with van der Waals surface area (Å²) in [5.41, 5.74) is 1.40. The average molecular weight is 426 g/mol. The van der Waals surface area contributed by atoms with Gasteiger partial charge in [0.1, 0.15) is 10.7 Å². The molecule has 2 heterocycles. The van der Waals surface area contributed by atoms with Gasteiger partial charge in [0.2, 0.25) is 0 Å². The number of morpholine rings is 1. The topological polar surface area (TPSA) is 73.7 Å². The summed E-state index contributed by atoms with van der Waals surface area (Å²) >= 11 is 12.6. The molecule has 0 aliphatic carbocycles. The zero-order valence-corrected chi connectivity index (χ0v) is 17.2. The zero-order valence-electron chi connectivity index (χ0n) is 15.7. The third-order valence-corrected chi connectivity index (χ3v) is 5.25. The number of rotatable bonds is 5. The van der Waals surface area contributed by atoms with Gasteiger partial charge in [0, 0.05) is 18.1 Å². The number of hydrogen-bond donors (Lipinski definition) is 0. The molecule has 1 unspecified atom stereocenters. The molecule has 0 spiro atoms. The number of halogens is 2. The lowest BCUT2D eigenvalue weighted by atomic mass is 10.2. The number of carbonyl (C=O) groups excluding carboxylic acids is 2. The predicted octanol–water partition coefficient (Wildman–Crippen LogP) is 2.95. The smallest absolute Gasteiger partial charge is 0.343 e. The second-order valence-corrected chi connectivity index (χ2v) is 7.25. The molecule has 2 aromatic rings. The maximum atomic E-state index is 12.6. The van der Waals surface area contributed by atoms with E-state index in [1.54, 1.807) is 24.8 Å². The maximum absolute atomic E-state index is 12.6. The van der Waals surface area contributed by atoms with Gasteiger partial charge >= 0.3 is 5.97 Å².